The van der Waals surface area contributed by atoms with Gasteiger partial charge in [0.1, 0.15) is 5.82 Å². The highest BCUT2D eigenvalue weighted by Gasteiger charge is 2.26. The van der Waals surface area contributed by atoms with E-state index in [2.05, 4.69) is 32.7 Å². The lowest BCUT2D eigenvalue weighted by atomic mass is 9.90. The molecular weight excluding hydrogens is 364 g/mol. The smallest absolute Gasteiger partial charge is 0.320 e. The number of nitrogens with zero attached hydrogens (tertiary/aromatic N) is 1. The molecule has 3 N–H and O–H groups in total. The van der Waals surface area contributed by atoms with E-state index in [1.165, 1.54) is 0 Å². The number of carbonyl (C=O) groups excluding carboxylic acids is 2. The van der Waals surface area contributed by atoms with E-state index in [0.29, 0.717) is 25.2 Å². The minimum atomic E-state index is -0.289. The van der Waals surface area contributed by atoms with E-state index in [4.69, 9.17) is 0 Å². The number of fused-ring (bicyclic) bond motifs is 1. The van der Waals surface area contributed by atoms with Gasteiger partial charge in [0.15, 0.2) is 5.78 Å². The molecule has 6 nitrogen and oxygen atoms in total. The Balaban J connectivity index is 1.75. The molecule has 2 amide bonds. The summed E-state index contributed by atoms with van der Waals surface area (Å²) in [4.78, 5) is 32.3. The Bertz CT molecular complexity index is 1040. The Kier molecular flexibility index (Phi) is 5.42. The van der Waals surface area contributed by atoms with Crippen LogP contribution < -0.4 is 10.6 Å². The number of benzene rings is 1. The Labute approximate surface area is 169 Å². The minimum absolute atomic E-state index is 0.203. The van der Waals surface area contributed by atoms with Crippen molar-refractivity contribution in [2.45, 2.75) is 32.6 Å². The van der Waals surface area contributed by atoms with Crippen LogP contribution in [0, 0.1) is 0 Å². The van der Waals surface area contributed by atoms with E-state index in [1.807, 2.05) is 37.3 Å². The summed E-state index contributed by atoms with van der Waals surface area (Å²) in [6.07, 6.45) is 4.68. The van der Waals surface area contributed by atoms with Gasteiger partial charge in [-0.1, -0.05) is 30.3 Å². The molecule has 0 fully saturated rings. The van der Waals surface area contributed by atoms with Crippen molar-refractivity contribution in [1.82, 2.24) is 15.3 Å². The van der Waals surface area contributed by atoms with Crippen LogP contribution in [0.1, 0.15) is 46.9 Å². The Hall–Kier alpha value is -3.41. The molecule has 0 spiro atoms. The van der Waals surface area contributed by atoms with Gasteiger partial charge in [0, 0.05) is 42.4 Å². The lowest BCUT2D eigenvalue weighted by Gasteiger charge is -2.12. The zero-order valence-electron chi connectivity index (χ0n) is 16.4. The third-order valence-electron chi connectivity index (χ3n) is 5.14. The number of aryl methyl sites for hydroxylation is 1. The van der Waals surface area contributed by atoms with Gasteiger partial charge in [-0.25, -0.2) is 9.78 Å². The highest BCUT2D eigenvalue weighted by molar-refractivity contribution is 6.01. The van der Waals surface area contributed by atoms with E-state index in [1.54, 1.807) is 6.20 Å². The fourth-order valence-corrected chi connectivity index (χ4v) is 3.87. The van der Waals surface area contributed by atoms with Gasteiger partial charge in [0.05, 0.1) is 5.69 Å². The first-order valence-corrected chi connectivity index (χ1v) is 9.97. The first-order chi connectivity index (χ1) is 14.2. The summed E-state index contributed by atoms with van der Waals surface area (Å²) >= 11 is 0. The molecule has 0 aliphatic heterocycles. The Morgan fingerprint density at radius 1 is 1.17 bits per heavy atom. The number of hydrogen-bond donors (Lipinski definition) is 3. The topological polar surface area (TPSA) is 86.9 Å². The second-order valence-electron chi connectivity index (χ2n) is 7.19. The maximum atomic E-state index is 12.7. The second-order valence-corrected chi connectivity index (χ2v) is 7.19. The van der Waals surface area contributed by atoms with Crippen molar-refractivity contribution in [2.24, 2.45) is 0 Å². The van der Waals surface area contributed by atoms with Crippen LogP contribution in [-0.4, -0.2) is 28.3 Å². The third-order valence-corrected chi connectivity index (χ3v) is 5.14. The second kappa shape index (κ2) is 8.31. The molecule has 2 aromatic heterocycles. The first kappa shape index (κ1) is 18.9. The van der Waals surface area contributed by atoms with Crippen molar-refractivity contribution in [3.05, 3.63) is 71.0 Å². The van der Waals surface area contributed by atoms with E-state index >= 15 is 0 Å². The van der Waals surface area contributed by atoms with Crippen molar-refractivity contribution >= 4 is 17.6 Å². The molecule has 2 heterocycles. The van der Waals surface area contributed by atoms with Crippen LogP contribution in [0.15, 0.2) is 48.7 Å². The van der Waals surface area contributed by atoms with Crippen LogP contribution in [0.4, 0.5) is 10.6 Å². The van der Waals surface area contributed by atoms with Gasteiger partial charge >= 0.3 is 6.03 Å². The number of urea groups is 1. The number of aromatic nitrogens is 2. The molecule has 3 aromatic rings. The fourth-order valence-electron chi connectivity index (χ4n) is 3.87. The molecule has 1 aromatic carbocycles. The number of anilines is 1. The normalized spacial score (nSPS) is 13.1. The number of hydrogen-bond acceptors (Lipinski definition) is 3. The standard InChI is InChI=1S/C23H24N4O2/c1-2-24-23(29)27-20-14-16(11-12-25-20)22-17(13-15-7-4-3-5-8-15)21-18(26-22)9-6-10-19(21)28/h3-5,7-8,11-12,14,26H,2,6,9-10,13H2,1H3,(H2,24,25,27,29). The van der Waals surface area contributed by atoms with Crippen molar-refractivity contribution in [1.29, 1.82) is 0 Å². The Morgan fingerprint density at radius 2 is 2.00 bits per heavy atom. The summed E-state index contributed by atoms with van der Waals surface area (Å²) < 4.78 is 0. The van der Waals surface area contributed by atoms with Crippen LogP contribution in [-0.2, 0) is 12.8 Å². The average Bonchev–Trinajstić information content (AvgIpc) is 3.09. The molecule has 4 rings (SSSR count). The highest BCUT2D eigenvalue weighted by Crippen LogP contribution is 2.35. The van der Waals surface area contributed by atoms with Gasteiger partial charge in [-0.3, -0.25) is 10.1 Å². The lowest BCUT2D eigenvalue weighted by Crippen LogP contribution is -2.28. The number of pyridine rings is 1. The molecule has 0 bridgehead atoms. The van der Waals surface area contributed by atoms with Crippen LogP contribution in [0.3, 0.4) is 0 Å². The van der Waals surface area contributed by atoms with Crippen molar-refractivity contribution in [3.8, 4) is 11.3 Å². The van der Waals surface area contributed by atoms with Crippen LogP contribution in [0.5, 0.6) is 0 Å². The highest BCUT2D eigenvalue weighted by atomic mass is 16.2. The van der Waals surface area contributed by atoms with Gasteiger partial charge in [0.2, 0.25) is 0 Å². The van der Waals surface area contributed by atoms with Crippen LogP contribution >= 0.6 is 0 Å². The van der Waals surface area contributed by atoms with Gasteiger partial charge in [-0.05, 0) is 43.0 Å². The van der Waals surface area contributed by atoms with Gasteiger partial charge in [-0.2, -0.15) is 0 Å². The van der Waals surface area contributed by atoms with Gasteiger partial charge in [0.25, 0.3) is 0 Å². The largest absolute Gasteiger partial charge is 0.358 e. The monoisotopic (exact) mass is 388 g/mol. The predicted octanol–water partition coefficient (Wildman–Crippen LogP) is 4.33. The predicted molar refractivity (Wildman–Crippen MR) is 113 cm³/mol. The van der Waals surface area contributed by atoms with Crippen molar-refractivity contribution in [2.75, 3.05) is 11.9 Å². The van der Waals surface area contributed by atoms with Crippen molar-refractivity contribution < 1.29 is 9.59 Å². The maximum absolute atomic E-state index is 12.7. The average molecular weight is 388 g/mol. The maximum Gasteiger partial charge on any atom is 0.320 e. The summed E-state index contributed by atoms with van der Waals surface area (Å²) in [6, 6.07) is 13.6. The third kappa shape index (κ3) is 4.06. The molecule has 1 aliphatic rings. The summed E-state index contributed by atoms with van der Waals surface area (Å²) in [5, 5.41) is 5.45. The summed E-state index contributed by atoms with van der Waals surface area (Å²) in [5.41, 5.74) is 5.85. The number of ketones is 1. The van der Waals surface area contributed by atoms with E-state index in [9.17, 15) is 9.59 Å². The van der Waals surface area contributed by atoms with E-state index in [-0.39, 0.29) is 11.8 Å². The molecule has 0 saturated heterocycles. The van der Waals surface area contributed by atoms with Gasteiger partial charge < -0.3 is 10.3 Å². The molecular formula is C23H24N4O2. The van der Waals surface area contributed by atoms with Crippen LogP contribution in [0.25, 0.3) is 11.3 Å². The number of nitrogens with one attached hydrogen (secondary N) is 3. The molecule has 0 saturated carbocycles. The summed E-state index contributed by atoms with van der Waals surface area (Å²) in [7, 11) is 0. The molecule has 0 radical (unpaired) electrons. The SMILES string of the molecule is CCNC(=O)Nc1cc(-c2[nH]c3c(c2Cc2ccccc2)C(=O)CCC3)ccn1. The molecule has 6 heteroatoms. The number of aromatic amines is 1. The number of rotatable bonds is 5. The molecule has 1 aliphatic carbocycles. The number of carbonyl (C=O) groups is 2. The number of H-pyrrole nitrogens is 1. The molecule has 148 valence electrons. The quantitative estimate of drug-likeness (QED) is 0.608. The molecule has 29 heavy (non-hydrogen) atoms. The Morgan fingerprint density at radius 3 is 2.79 bits per heavy atom. The zero-order valence-corrected chi connectivity index (χ0v) is 16.4. The number of Topliss-reactive ketones (excluding diaryl/α,β-unsaturated/α-hetero) is 1. The zero-order chi connectivity index (χ0) is 20.2. The van der Waals surface area contributed by atoms with Gasteiger partial charge in [-0.15, -0.1) is 0 Å². The fraction of sp³-hybridized carbons (Fsp3) is 0.261. The number of amides is 2. The summed E-state index contributed by atoms with van der Waals surface area (Å²) in [5.74, 6) is 0.674. The lowest BCUT2D eigenvalue weighted by molar-refractivity contribution is 0.0971. The van der Waals surface area contributed by atoms with Crippen molar-refractivity contribution in [3.63, 3.8) is 0 Å². The molecule has 0 unspecified atom stereocenters. The first-order valence-electron chi connectivity index (χ1n) is 9.97. The van der Waals surface area contributed by atoms with Crippen LogP contribution in [0.2, 0.25) is 0 Å². The van der Waals surface area contributed by atoms with E-state index < -0.39 is 0 Å². The molecule has 0 atom stereocenters. The minimum Gasteiger partial charge on any atom is -0.358 e. The summed E-state index contributed by atoms with van der Waals surface area (Å²) in [6.45, 7) is 2.40. The van der Waals surface area contributed by atoms with E-state index in [0.717, 1.165) is 46.5 Å².